The standard InChI is InChI=1S/C13H27N3/c1-3-4-5-6-7-8-9-15-13(14)16-12-10-11(12)2/h11-12H,3-10H2,1-2H3,(H3,14,15,16). The lowest BCUT2D eigenvalue weighted by Gasteiger charge is -2.03. The summed E-state index contributed by atoms with van der Waals surface area (Å²) in [6, 6.07) is 0.591. The maximum atomic E-state index is 5.78. The Kier molecular flexibility index (Phi) is 6.27. The number of unbranched alkanes of at least 4 members (excludes halogenated alkanes) is 5. The summed E-state index contributed by atoms with van der Waals surface area (Å²) in [5.41, 5.74) is 5.78. The number of aliphatic imine (C=N–C) groups is 1. The monoisotopic (exact) mass is 225 g/mol. The first-order valence-electron chi connectivity index (χ1n) is 6.80. The molecule has 3 nitrogen and oxygen atoms in total. The Labute approximate surface area is 99.9 Å². The molecule has 16 heavy (non-hydrogen) atoms. The molecule has 0 aromatic carbocycles. The van der Waals surface area contributed by atoms with Gasteiger partial charge in [0.2, 0.25) is 0 Å². The zero-order valence-electron chi connectivity index (χ0n) is 10.8. The summed E-state index contributed by atoms with van der Waals surface area (Å²) < 4.78 is 0. The van der Waals surface area contributed by atoms with Gasteiger partial charge in [0.1, 0.15) is 0 Å². The summed E-state index contributed by atoms with van der Waals surface area (Å²) in [6.07, 6.45) is 9.10. The van der Waals surface area contributed by atoms with Crippen molar-refractivity contribution in [2.24, 2.45) is 16.6 Å². The highest BCUT2D eigenvalue weighted by atomic mass is 15.1. The molecular weight excluding hydrogens is 198 g/mol. The maximum Gasteiger partial charge on any atom is 0.188 e. The lowest BCUT2D eigenvalue weighted by atomic mass is 10.1. The highest BCUT2D eigenvalue weighted by Gasteiger charge is 2.32. The molecule has 1 saturated carbocycles. The van der Waals surface area contributed by atoms with Crippen molar-refractivity contribution < 1.29 is 0 Å². The van der Waals surface area contributed by atoms with E-state index in [1.165, 1.54) is 44.9 Å². The van der Waals surface area contributed by atoms with E-state index in [9.17, 15) is 0 Å². The van der Waals surface area contributed by atoms with E-state index in [1.54, 1.807) is 0 Å². The summed E-state index contributed by atoms with van der Waals surface area (Å²) in [5, 5.41) is 3.24. The minimum absolute atomic E-state index is 0.591. The number of nitrogens with two attached hydrogens (primary N) is 1. The van der Waals surface area contributed by atoms with Gasteiger partial charge in [0, 0.05) is 12.6 Å². The van der Waals surface area contributed by atoms with Crippen LogP contribution in [0.2, 0.25) is 0 Å². The van der Waals surface area contributed by atoms with E-state index >= 15 is 0 Å². The number of guanidine groups is 1. The van der Waals surface area contributed by atoms with Crippen molar-refractivity contribution in [2.45, 2.75) is 64.8 Å². The molecule has 94 valence electrons. The molecule has 0 aromatic heterocycles. The average molecular weight is 225 g/mol. The van der Waals surface area contributed by atoms with Crippen LogP contribution < -0.4 is 11.1 Å². The molecule has 1 aliphatic carbocycles. The van der Waals surface area contributed by atoms with Gasteiger partial charge in [-0.25, -0.2) is 0 Å². The van der Waals surface area contributed by atoms with Crippen LogP contribution in [-0.2, 0) is 0 Å². The fourth-order valence-corrected chi connectivity index (χ4v) is 1.85. The normalized spacial score (nSPS) is 24.5. The third kappa shape index (κ3) is 5.99. The van der Waals surface area contributed by atoms with Crippen LogP contribution in [0.4, 0.5) is 0 Å². The Bertz CT molecular complexity index is 213. The molecule has 0 saturated heterocycles. The van der Waals surface area contributed by atoms with Gasteiger partial charge in [0.15, 0.2) is 5.96 Å². The molecule has 1 aliphatic rings. The Morgan fingerprint density at radius 2 is 1.88 bits per heavy atom. The van der Waals surface area contributed by atoms with Gasteiger partial charge in [0.25, 0.3) is 0 Å². The van der Waals surface area contributed by atoms with Crippen LogP contribution in [-0.4, -0.2) is 18.5 Å². The Morgan fingerprint density at radius 1 is 1.25 bits per heavy atom. The molecule has 1 rings (SSSR count). The van der Waals surface area contributed by atoms with Crippen molar-refractivity contribution >= 4 is 5.96 Å². The second-order valence-electron chi connectivity index (χ2n) is 5.00. The van der Waals surface area contributed by atoms with Gasteiger partial charge in [-0.2, -0.15) is 0 Å². The number of rotatable bonds is 8. The zero-order chi connectivity index (χ0) is 11.8. The molecule has 0 radical (unpaired) electrons. The minimum Gasteiger partial charge on any atom is -0.370 e. The van der Waals surface area contributed by atoms with Gasteiger partial charge in [0.05, 0.1) is 0 Å². The van der Waals surface area contributed by atoms with E-state index in [4.69, 9.17) is 5.73 Å². The largest absolute Gasteiger partial charge is 0.370 e. The van der Waals surface area contributed by atoms with Crippen LogP contribution in [0.3, 0.4) is 0 Å². The van der Waals surface area contributed by atoms with Crippen LogP contribution in [0, 0.1) is 5.92 Å². The van der Waals surface area contributed by atoms with Crippen LogP contribution in [0.1, 0.15) is 58.8 Å². The van der Waals surface area contributed by atoms with Gasteiger partial charge < -0.3 is 11.1 Å². The molecule has 0 spiro atoms. The first kappa shape index (κ1) is 13.3. The second-order valence-corrected chi connectivity index (χ2v) is 5.00. The summed E-state index contributed by atoms with van der Waals surface area (Å²) >= 11 is 0. The van der Waals surface area contributed by atoms with Crippen molar-refractivity contribution in [2.75, 3.05) is 6.54 Å². The van der Waals surface area contributed by atoms with Crippen LogP contribution in [0.15, 0.2) is 4.99 Å². The highest BCUT2D eigenvalue weighted by Crippen LogP contribution is 2.28. The predicted octanol–water partition coefficient (Wildman–Crippen LogP) is 2.66. The smallest absolute Gasteiger partial charge is 0.188 e. The van der Waals surface area contributed by atoms with Gasteiger partial charge in [-0.05, 0) is 18.8 Å². The molecule has 3 N–H and O–H groups in total. The SMILES string of the molecule is CCCCCCCCN=C(N)NC1CC1C. The van der Waals surface area contributed by atoms with Crippen molar-refractivity contribution in [1.29, 1.82) is 0 Å². The summed E-state index contributed by atoms with van der Waals surface area (Å²) in [6.45, 7) is 5.36. The molecule has 0 amide bonds. The topological polar surface area (TPSA) is 50.4 Å². The Balaban J connectivity index is 1.90. The van der Waals surface area contributed by atoms with E-state index in [2.05, 4.69) is 24.2 Å². The number of nitrogens with one attached hydrogen (secondary N) is 1. The number of hydrogen-bond donors (Lipinski definition) is 2. The number of nitrogens with zero attached hydrogens (tertiary/aromatic N) is 1. The third-order valence-corrected chi connectivity index (χ3v) is 3.24. The lowest BCUT2D eigenvalue weighted by Crippen LogP contribution is -2.34. The molecule has 0 bridgehead atoms. The maximum absolute atomic E-state index is 5.78. The molecule has 1 fully saturated rings. The quantitative estimate of drug-likeness (QED) is 0.379. The second kappa shape index (κ2) is 7.53. The molecule has 0 heterocycles. The molecule has 3 heteroatoms. The van der Waals surface area contributed by atoms with Crippen LogP contribution in [0.5, 0.6) is 0 Å². The Hall–Kier alpha value is -0.730. The van der Waals surface area contributed by atoms with Gasteiger partial charge in [-0.15, -0.1) is 0 Å². The molecular formula is C13H27N3. The van der Waals surface area contributed by atoms with E-state index in [-0.39, 0.29) is 0 Å². The minimum atomic E-state index is 0.591. The van der Waals surface area contributed by atoms with Crippen LogP contribution >= 0.6 is 0 Å². The summed E-state index contributed by atoms with van der Waals surface area (Å²) in [5.74, 6) is 1.42. The van der Waals surface area contributed by atoms with Crippen molar-refractivity contribution in [3.8, 4) is 0 Å². The third-order valence-electron chi connectivity index (χ3n) is 3.24. The van der Waals surface area contributed by atoms with Gasteiger partial charge in [-0.1, -0.05) is 46.0 Å². The fraction of sp³-hybridized carbons (Fsp3) is 0.923. The summed E-state index contributed by atoms with van der Waals surface area (Å²) in [7, 11) is 0. The van der Waals surface area contributed by atoms with Gasteiger partial charge in [-0.3, -0.25) is 4.99 Å². The van der Waals surface area contributed by atoms with Gasteiger partial charge >= 0.3 is 0 Å². The van der Waals surface area contributed by atoms with E-state index in [0.29, 0.717) is 12.0 Å². The van der Waals surface area contributed by atoms with E-state index < -0.39 is 0 Å². The molecule has 2 atom stereocenters. The van der Waals surface area contributed by atoms with Crippen LogP contribution in [0.25, 0.3) is 0 Å². The number of hydrogen-bond acceptors (Lipinski definition) is 1. The summed E-state index contributed by atoms with van der Waals surface area (Å²) in [4.78, 5) is 4.34. The molecule has 2 unspecified atom stereocenters. The van der Waals surface area contributed by atoms with Crippen molar-refractivity contribution in [3.63, 3.8) is 0 Å². The highest BCUT2D eigenvalue weighted by molar-refractivity contribution is 5.78. The first-order valence-corrected chi connectivity index (χ1v) is 6.80. The fourth-order valence-electron chi connectivity index (χ4n) is 1.85. The Morgan fingerprint density at radius 3 is 2.50 bits per heavy atom. The molecule has 0 aromatic rings. The average Bonchev–Trinajstić information content (AvgIpc) is 2.93. The van der Waals surface area contributed by atoms with Crippen molar-refractivity contribution in [3.05, 3.63) is 0 Å². The first-order chi connectivity index (χ1) is 7.74. The van der Waals surface area contributed by atoms with E-state index in [0.717, 1.165) is 12.5 Å². The van der Waals surface area contributed by atoms with Crippen molar-refractivity contribution in [1.82, 2.24) is 5.32 Å². The van der Waals surface area contributed by atoms with E-state index in [1.807, 2.05) is 0 Å². The lowest BCUT2D eigenvalue weighted by molar-refractivity contribution is 0.611. The molecule has 0 aliphatic heterocycles. The predicted molar refractivity (Wildman–Crippen MR) is 70.6 cm³/mol. The zero-order valence-corrected chi connectivity index (χ0v) is 10.8.